The van der Waals surface area contributed by atoms with Crippen molar-refractivity contribution in [3.8, 4) is 0 Å². The summed E-state index contributed by atoms with van der Waals surface area (Å²) in [4.78, 5) is 0. The van der Waals surface area contributed by atoms with Gasteiger partial charge in [0, 0.05) is 0 Å². The Hall–Kier alpha value is -6.12. The summed E-state index contributed by atoms with van der Waals surface area (Å²) in [5, 5.41) is 0. The van der Waals surface area contributed by atoms with Gasteiger partial charge in [-0.05, 0) is 70.5 Å². The van der Waals surface area contributed by atoms with Gasteiger partial charge in [-0.15, -0.1) is 21.9 Å². The average Bonchev–Trinajstić information content (AvgIpc) is 3.44. The Kier molecular flexibility index (Phi) is 19.1. The predicted molar refractivity (Wildman–Crippen MR) is 247 cm³/mol. The molecule has 0 atom stereocenters. The van der Waals surface area contributed by atoms with Gasteiger partial charge in [-0.1, -0.05) is 102 Å². The SMILES string of the molecule is CC(C)(C)c1ccc([I+]c2ccc(C(C)(C)C)cc2)cc1.Fc1c(F)c(F)c([B-](c2c(F)c(F)c(F)c(F)c2F)(c2c(F)c(F)c(F)c(F)c2F)c2c(F)c(F)c(F)c(F)c2F)c(F)c1F.c1ccc([I+]c2ccccc2)cc1. The molecule has 79 heavy (non-hydrogen) atoms. The molecule has 8 aromatic rings. The van der Waals surface area contributed by atoms with Gasteiger partial charge in [0.25, 0.3) is 0 Å². The van der Waals surface area contributed by atoms with Crippen LogP contribution < -0.4 is 64.3 Å². The van der Waals surface area contributed by atoms with Gasteiger partial charge in [-0.2, -0.15) is 0 Å². The highest BCUT2D eigenvalue weighted by atomic mass is 127. The maximum atomic E-state index is 15.4. The van der Waals surface area contributed by atoms with E-state index in [4.69, 9.17) is 0 Å². The molecule has 8 aromatic carbocycles. The lowest BCUT2D eigenvalue weighted by Crippen LogP contribution is -3.61. The number of benzene rings is 8. The third kappa shape index (κ3) is 12.2. The number of hydrogen-bond acceptors (Lipinski definition) is 0. The van der Waals surface area contributed by atoms with E-state index in [1.807, 2.05) is 0 Å². The van der Waals surface area contributed by atoms with Crippen molar-refractivity contribution in [3.05, 3.63) is 251 Å². The molecule has 0 fully saturated rings. The first-order valence-electron chi connectivity index (χ1n) is 22.7. The first-order chi connectivity index (χ1) is 36.8. The molecule has 0 aliphatic carbocycles. The molecule has 0 N–H and O–H groups in total. The quantitative estimate of drug-likeness (QED) is 0.0476. The third-order valence-corrected chi connectivity index (χ3v) is 17.4. The van der Waals surface area contributed by atoms with Crippen LogP contribution in [0.15, 0.2) is 109 Å². The fourth-order valence-corrected chi connectivity index (χ4v) is 12.5. The van der Waals surface area contributed by atoms with E-state index in [9.17, 15) is 52.7 Å². The predicted octanol–water partition coefficient (Wildman–Crippen LogP) is 8.07. The largest absolute Gasteiger partial charge is 0.357 e. The van der Waals surface area contributed by atoms with Gasteiger partial charge in [0.15, 0.2) is 84.1 Å². The van der Waals surface area contributed by atoms with Crippen LogP contribution in [0.25, 0.3) is 0 Å². The smallest absolute Gasteiger partial charge is 0.207 e. The molecule has 0 unspecified atom stereocenters. The maximum Gasteiger partial charge on any atom is 0.357 e. The lowest BCUT2D eigenvalue weighted by Gasteiger charge is -2.44. The molecule has 416 valence electrons. The molecule has 0 aromatic heterocycles. The summed E-state index contributed by atoms with van der Waals surface area (Å²) in [5.41, 5.74) is -11.0. The van der Waals surface area contributed by atoms with Crippen molar-refractivity contribution in [3.63, 3.8) is 0 Å². The lowest BCUT2D eigenvalue weighted by atomic mass is 9.12. The Morgan fingerprint density at radius 1 is 0.228 bits per heavy atom. The fraction of sp³-hybridized carbons (Fsp3) is 0.143. The molecule has 0 saturated carbocycles. The fourth-order valence-electron chi connectivity index (χ4n) is 8.11. The van der Waals surface area contributed by atoms with Gasteiger partial charge in [-0.3, -0.25) is 0 Å². The van der Waals surface area contributed by atoms with Gasteiger partial charge < -0.3 is 0 Å². The van der Waals surface area contributed by atoms with E-state index in [2.05, 4.69) is 151 Å². The van der Waals surface area contributed by atoms with Crippen LogP contribution in [0.3, 0.4) is 0 Å². The highest BCUT2D eigenvalue weighted by Crippen LogP contribution is 2.31. The van der Waals surface area contributed by atoms with E-state index < -0.39 is 144 Å². The summed E-state index contributed by atoms with van der Waals surface area (Å²) >= 11 is -0.0416. The van der Waals surface area contributed by atoms with Crippen LogP contribution in [-0.4, -0.2) is 6.15 Å². The van der Waals surface area contributed by atoms with Crippen LogP contribution in [0.1, 0.15) is 52.7 Å². The molecule has 0 spiro atoms. The number of rotatable bonds is 8. The Balaban J connectivity index is 0.000000240. The Labute approximate surface area is 459 Å². The van der Waals surface area contributed by atoms with E-state index >= 15 is 35.1 Å². The van der Waals surface area contributed by atoms with E-state index in [1.165, 1.54) is 25.4 Å². The van der Waals surface area contributed by atoms with Gasteiger partial charge in [0.05, 0.1) is 0 Å². The zero-order chi connectivity index (χ0) is 59.0. The van der Waals surface area contributed by atoms with Crippen LogP contribution in [-0.2, 0) is 10.8 Å². The summed E-state index contributed by atoms with van der Waals surface area (Å²) in [6.07, 6.45) is -7.22. The van der Waals surface area contributed by atoms with Crippen LogP contribution in [0.2, 0.25) is 0 Å². The van der Waals surface area contributed by atoms with E-state index in [0.717, 1.165) is 0 Å². The molecular formula is C56H36BF20I2+. The van der Waals surface area contributed by atoms with Crippen LogP contribution in [0, 0.1) is 131 Å². The first-order valence-corrected chi connectivity index (χ1v) is 27.0. The molecule has 0 heterocycles. The number of halogens is 22. The Morgan fingerprint density at radius 3 is 0.570 bits per heavy atom. The van der Waals surface area contributed by atoms with Crippen LogP contribution in [0.4, 0.5) is 87.8 Å². The summed E-state index contributed by atoms with van der Waals surface area (Å²) in [6.45, 7) is 13.6. The molecule has 23 heteroatoms. The summed E-state index contributed by atoms with van der Waals surface area (Å²) < 4.78 is 300. The molecule has 0 nitrogen and oxygen atoms in total. The molecule has 0 amide bonds. The Bertz CT molecular complexity index is 3070. The molecular weight excluding hydrogens is 1320 g/mol. The van der Waals surface area contributed by atoms with Crippen molar-refractivity contribution < 1.29 is 130 Å². The van der Waals surface area contributed by atoms with Gasteiger partial charge in [0.1, 0.15) is 52.7 Å². The molecule has 0 bridgehead atoms. The zero-order valence-electron chi connectivity index (χ0n) is 41.3. The summed E-state index contributed by atoms with van der Waals surface area (Å²) in [7, 11) is 0. The van der Waals surface area contributed by atoms with Crippen molar-refractivity contribution in [1.29, 1.82) is 0 Å². The van der Waals surface area contributed by atoms with Crippen molar-refractivity contribution in [2.75, 3.05) is 0 Å². The highest BCUT2D eigenvalue weighted by molar-refractivity contribution is 7.20. The normalized spacial score (nSPS) is 11.8. The summed E-state index contributed by atoms with van der Waals surface area (Å²) in [5.74, 6) is -71.4. The summed E-state index contributed by atoms with van der Waals surface area (Å²) in [6, 6.07) is 39.8. The molecule has 0 saturated heterocycles. The monoisotopic (exact) mass is 1350 g/mol. The van der Waals surface area contributed by atoms with E-state index in [1.54, 1.807) is 0 Å². The molecule has 8 rings (SSSR count). The van der Waals surface area contributed by atoms with Crippen LogP contribution in [0.5, 0.6) is 0 Å². The average molecular weight is 1350 g/mol. The van der Waals surface area contributed by atoms with E-state index in [0.29, 0.717) is 0 Å². The van der Waals surface area contributed by atoms with Crippen LogP contribution >= 0.6 is 0 Å². The molecule has 0 aliphatic rings. The second kappa shape index (κ2) is 24.3. The van der Waals surface area contributed by atoms with Crippen molar-refractivity contribution >= 4 is 28.0 Å². The highest BCUT2D eigenvalue weighted by Gasteiger charge is 2.52. The van der Waals surface area contributed by atoms with Crippen molar-refractivity contribution in [2.45, 2.75) is 52.4 Å². The molecule has 0 radical (unpaired) electrons. The number of hydrogen-bond donors (Lipinski definition) is 0. The van der Waals surface area contributed by atoms with Crippen molar-refractivity contribution in [2.24, 2.45) is 0 Å². The van der Waals surface area contributed by atoms with Gasteiger partial charge >= 0.3 is 42.4 Å². The van der Waals surface area contributed by atoms with Gasteiger partial charge in [-0.25, -0.2) is 87.8 Å². The zero-order valence-corrected chi connectivity index (χ0v) is 45.6. The lowest BCUT2D eigenvalue weighted by molar-refractivity contribution is -0.597. The topological polar surface area (TPSA) is 0 Å². The standard InChI is InChI=1S/C24BF20.C20H26I.C12H10I/c26-5-1(6(27)14(35)21(42)13(5)34)25(2-7(28)15(36)22(43)16(37)8(2)29,3-9(30)17(38)23(44)18(39)10(3)31)4-11(32)19(40)24(45)20(41)12(4)33;1-19(2,3)15-7-11-17(12-8-15)21-18-13-9-16(10-14-18)20(4,5)6;1-3-7-11(8-4-1)13-12-9-5-2-6-10-12/h;7-14H,1-6H3;1-10H/q-1;2*+1. The minimum absolute atomic E-state index is 0.0287. The van der Waals surface area contributed by atoms with E-state index in [-0.39, 0.29) is 53.2 Å². The van der Waals surface area contributed by atoms with Crippen molar-refractivity contribution in [1.82, 2.24) is 0 Å². The minimum Gasteiger partial charge on any atom is -0.207 e. The second-order valence-electron chi connectivity index (χ2n) is 19.1. The third-order valence-electron chi connectivity index (χ3n) is 12.0. The van der Waals surface area contributed by atoms with Gasteiger partial charge in [0.2, 0.25) is 0 Å². The maximum absolute atomic E-state index is 15.4. The molecule has 0 aliphatic heterocycles. The second-order valence-corrected chi connectivity index (χ2v) is 25.2. The minimum atomic E-state index is -7.22. The first kappa shape index (κ1) is 62.1. The Morgan fingerprint density at radius 2 is 0.392 bits per heavy atom.